The second-order valence-electron chi connectivity index (χ2n) is 5.69. The van der Waals surface area contributed by atoms with Crippen molar-refractivity contribution in [2.45, 2.75) is 32.2 Å². The summed E-state index contributed by atoms with van der Waals surface area (Å²) in [6.07, 6.45) is 7.33. The molecule has 3 rings (SSSR count). The van der Waals surface area contributed by atoms with Crippen LogP contribution in [0.15, 0.2) is 27.8 Å². The Morgan fingerprint density at radius 2 is 2.11 bits per heavy atom. The van der Waals surface area contributed by atoms with Crippen molar-refractivity contribution >= 4 is 5.96 Å². The highest BCUT2D eigenvalue weighted by Gasteiger charge is 2.35. The second-order valence-corrected chi connectivity index (χ2v) is 5.69. The van der Waals surface area contributed by atoms with Gasteiger partial charge in [-0.1, -0.05) is 12.8 Å². The fraction of sp³-hybridized carbons (Fsp3) is 0.667. The highest BCUT2D eigenvalue weighted by Crippen LogP contribution is 2.35. The van der Waals surface area contributed by atoms with Crippen molar-refractivity contribution in [3.63, 3.8) is 0 Å². The molecule has 0 radical (unpaired) electrons. The third-order valence-corrected chi connectivity index (χ3v) is 4.49. The maximum atomic E-state index is 5.35. The van der Waals surface area contributed by atoms with Crippen molar-refractivity contribution in [1.29, 1.82) is 0 Å². The van der Waals surface area contributed by atoms with Crippen LogP contribution in [0, 0.1) is 11.8 Å². The molecule has 4 nitrogen and oxygen atoms in total. The molecule has 1 aliphatic heterocycles. The summed E-state index contributed by atoms with van der Waals surface area (Å²) in [7, 11) is 1.87. The number of aliphatic imine (C=N–C) groups is 1. The molecule has 0 aromatic carbocycles. The van der Waals surface area contributed by atoms with Gasteiger partial charge in [0.1, 0.15) is 5.76 Å². The molecule has 2 atom stereocenters. The van der Waals surface area contributed by atoms with Crippen molar-refractivity contribution in [2.24, 2.45) is 16.8 Å². The van der Waals surface area contributed by atoms with E-state index in [2.05, 4.69) is 15.2 Å². The van der Waals surface area contributed by atoms with Crippen LogP contribution in [0.3, 0.4) is 0 Å². The molecule has 1 saturated carbocycles. The Hall–Kier alpha value is -1.45. The Morgan fingerprint density at radius 3 is 2.68 bits per heavy atom. The van der Waals surface area contributed by atoms with Crippen molar-refractivity contribution in [3.8, 4) is 0 Å². The third kappa shape index (κ3) is 2.77. The molecule has 1 aliphatic carbocycles. The lowest BCUT2D eigenvalue weighted by atomic mass is 9.82. The molecule has 1 saturated heterocycles. The summed E-state index contributed by atoms with van der Waals surface area (Å²) in [6.45, 7) is 3.05. The molecule has 2 aliphatic rings. The number of hydrogen-bond acceptors (Lipinski definition) is 2. The minimum absolute atomic E-state index is 0.714. The Kier molecular flexibility index (Phi) is 3.76. The van der Waals surface area contributed by atoms with Crippen molar-refractivity contribution in [3.05, 3.63) is 24.2 Å². The summed E-state index contributed by atoms with van der Waals surface area (Å²) in [5.74, 6) is 3.75. The first-order valence-corrected chi connectivity index (χ1v) is 7.35. The van der Waals surface area contributed by atoms with E-state index in [4.69, 9.17) is 4.42 Å². The van der Waals surface area contributed by atoms with E-state index in [-0.39, 0.29) is 0 Å². The van der Waals surface area contributed by atoms with Crippen LogP contribution in [-0.2, 0) is 6.54 Å². The Bertz CT molecular complexity index is 413. The lowest BCUT2D eigenvalue weighted by molar-refractivity contribution is 0.299. The Balaban J connectivity index is 1.57. The minimum atomic E-state index is 0.714. The van der Waals surface area contributed by atoms with Crippen LogP contribution in [-0.4, -0.2) is 31.0 Å². The average molecular weight is 261 g/mol. The molecule has 19 heavy (non-hydrogen) atoms. The average Bonchev–Trinajstić information content (AvgIpc) is 3.08. The van der Waals surface area contributed by atoms with E-state index in [1.807, 2.05) is 19.2 Å². The smallest absolute Gasteiger partial charge is 0.194 e. The van der Waals surface area contributed by atoms with E-state index < -0.39 is 0 Å². The van der Waals surface area contributed by atoms with Gasteiger partial charge >= 0.3 is 0 Å². The molecule has 1 aromatic heterocycles. The number of nitrogens with zero attached hydrogens (tertiary/aromatic N) is 2. The SMILES string of the molecule is CN=C(NCc1ccco1)N1CC2CCCCC2C1. The van der Waals surface area contributed by atoms with E-state index in [1.54, 1.807) is 6.26 Å². The summed E-state index contributed by atoms with van der Waals surface area (Å²) in [4.78, 5) is 6.84. The molecular weight excluding hydrogens is 238 g/mol. The fourth-order valence-corrected chi connectivity index (χ4v) is 3.49. The summed E-state index contributed by atoms with van der Waals surface area (Å²) in [5, 5.41) is 3.41. The van der Waals surface area contributed by atoms with Gasteiger partial charge in [0, 0.05) is 20.1 Å². The van der Waals surface area contributed by atoms with Gasteiger partial charge in [0.2, 0.25) is 0 Å². The standard InChI is InChI=1S/C15H23N3O/c1-16-15(17-9-14-7-4-8-19-14)18-10-12-5-2-3-6-13(12)11-18/h4,7-8,12-13H,2-3,5-6,9-11H2,1H3,(H,16,17). The molecule has 1 aromatic rings. The number of likely N-dealkylation sites (tertiary alicyclic amines) is 1. The normalized spacial score (nSPS) is 27.4. The number of guanidine groups is 1. The maximum absolute atomic E-state index is 5.35. The number of furan rings is 1. The van der Waals surface area contributed by atoms with E-state index in [1.165, 1.54) is 38.8 Å². The fourth-order valence-electron chi connectivity index (χ4n) is 3.49. The van der Waals surface area contributed by atoms with Gasteiger partial charge in [0.15, 0.2) is 5.96 Å². The van der Waals surface area contributed by atoms with Gasteiger partial charge in [-0.15, -0.1) is 0 Å². The first-order valence-electron chi connectivity index (χ1n) is 7.35. The summed E-state index contributed by atoms with van der Waals surface area (Å²) >= 11 is 0. The minimum Gasteiger partial charge on any atom is -0.467 e. The van der Waals surface area contributed by atoms with E-state index >= 15 is 0 Å². The maximum Gasteiger partial charge on any atom is 0.194 e. The monoisotopic (exact) mass is 261 g/mol. The zero-order valence-electron chi connectivity index (χ0n) is 11.6. The molecule has 1 N–H and O–H groups in total. The molecule has 2 fully saturated rings. The molecule has 4 heteroatoms. The summed E-state index contributed by atoms with van der Waals surface area (Å²) in [5.41, 5.74) is 0. The molecule has 2 heterocycles. The number of hydrogen-bond donors (Lipinski definition) is 1. The number of rotatable bonds is 2. The van der Waals surface area contributed by atoms with Gasteiger partial charge in [0.25, 0.3) is 0 Å². The van der Waals surface area contributed by atoms with Crippen molar-refractivity contribution in [1.82, 2.24) is 10.2 Å². The van der Waals surface area contributed by atoms with Crippen LogP contribution in [0.2, 0.25) is 0 Å². The van der Waals surface area contributed by atoms with E-state index in [0.29, 0.717) is 6.54 Å². The summed E-state index contributed by atoms with van der Waals surface area (Å²) in [6, 6.07) is 3.91. The molecule has 0 amide bonds. The first kappa shape index (κ1) is 12.6. The largest absolute Gasteiger partial charge is 0.467 e. The van der Waals surface area contributed by atoms with Crippen LogP contribution in [0.5, 0.6) is 0 Å². The molecule has 0 bridgehead atoms. The third-order valence-electron chi connectivity index (χ3n) is 4.49. The van der Waals surface area contributed by atoms with Crippen LogP contribution in [0.4, 0.5) is 0 Å². The molecule has 104 valence electrons. The van der Waals surface area contributed by atoms with Crippen LogP contribution < -0.4 is 5.32 Å². The van der Waals surface area contributed by atoms with Gasteiger partial charge in [-0.3, -0.25) is 4.99 Å². The Morgan fingerprint density at radius 1 is 1.37 bits per heavy atom. The Labute approximate surface area is 114 Å². The highest BCUT2D eigenvalue weighted by molar-refractivity contribution is 5.80. The van der Waals surface area contributed by atoms with Crippen LogP contribution >= 0.6 is 0 Å². The van der Waals surface area contributed by atoms with Gasteiger partial charge in [-0.05, 0) is 36.8 Å². The first-order chi connectivity index (χ1) is 9.36. The quantitative estimate of drug-likeness (QED) is 0.657. The molecule has 2 unspecified atom stereocenters. The van der Waals surface area contributed by atoms with E-state index in [9.17, 15) is 0 Å². The predicted molar refractivity (Wildman–Crippen MR) is 75.9 cm³/mol. The van der Waals surface area contributed by atoms with Gasteiger partial charge in [-0.25, -0.2) is 0 Å². The highest BCUT2D eigenvalue weighted by atomic mass is 16.3. The lowest BCUT2D eigenvalue weighted by Crippen LogP contribution is -2.39. The predicted octanol–water partition coefficient (Wildman–Crippen LogP) is 2.48. The number of nitrogens with one attached hydrogen (secondary N) is 1. The van der Waals surface area contributed by atoms with E-state index in [0.717, 1.165) is 23.6 Å². The van der Waals surface area contributed by atoms with Crippen LogP contribution in [0.25, 0.3) is 0 Å². The van der Waals surface area contributed by atoms with Crippen LogP contribution in [0.1, 0.15) is 31.4 Å². The van der Waals surface area contributed by atoms with Gasteiger partial charge < -0.3 is 14.6 Å². The van der Waals surface area contributed by atoms with Gasteiger partial charge in [0.05, 0.1) is 12.8 Å². The molecule has 0 spiro atoms. The molecular formula is C15H23N3O. The van der Waals surface area contributed by atoms with Gasteiger partial charge in [-0.2, -0.15) is 0 Å². The zero-order valence-corrected chi connectivity index (χ0v) is 11.6. The van der Waals surface area contributed by atoms with Crippen molar-refractivity contribution < 1.29 is 4.42 Å². The topological polar surface area (TPSA) is 40.8 Å². The van der Waals surface area contributed by atoms with Crippen molar-refractivity contribution in [2.75, 3.05) is 20.1 Å². The number of fused-ring (bicyclic) bond motifs is 1. The second kappa shape index (κ2) is 5.68. The lowest BCUT2D eigenvalue weighted by Gasteiger charge is -2.22. The zero-order chi connectivity index (χ0) is 13.1. The summed E-state index contributed by atoms with van der Waals surface area (Å²) < 4.78 is 5.35.